The maximum atomic E-state index is 13.0. The van der Waals surface area contributed by atoms with Gasteiger partial charge in [0.15, 0.2) is 0 Å². The van der Waals surface area contributed by atoms with Crippen LogP contribution < -0.4 is 5.73 Å². The van der Waals surface area contributed by atoms with Crippen LogP contribution >= 0.6 is 0 Å². The van der Waals surface area contributed by atoms with Gasteiger partial charge in [-0.15, -0.1) is 0 Å². The first-order valence-electron chi connectivity index (χ1n) is 6.22. The Morgan fingerprint density at radius 3 is 2.57 bits per heavy atom. The number of hydrogen-bond acceptors (Lipinski definition) is 3. The molecule has 3 nitrogen and oxygen atoms in total. The van der Waals surface area contributed by atoms with Crippen molar-refractivity contribution in [2.24, 2.45) is 0 Å². The summed E-state index contributed by atoms with van der Waals surface area (Å²) in [7, 11) is 0. The fourth-order valence-corrected chi connectivity index (χ4v) is 2.07. The minimum absolute atomic E-state index is 0.179. The molecule has 110 valence electrons. The molecule has 0 aliphatic rings. The maximum absolute atomic E-state index is 13.0. The number of alkyl halides is 3. The number of aldehydes is 1. The van der Waals surface area contributed by atoms with Crippen molar-refractivity contribution in [2.75, 3.05) is 5.73 Å². The molecule has 2 aromatic rings. The van der Waals surface area contributed by atoms with Gasteiger partial charge in [-0.05, 0) is 23.8 Å². The summed E-state index contributed by atoms with van der Waals surface area (Å²) in [5, 5.41) is 0. The van der Waals surface area contributed by atoms with Crippen LogP contribution in [0.2, 0.25) is 0 Å². The van der Waals surface area contributed by atoms with Gasteiger partial charge in [0, 0.05) is 23.4 Å². The number of hydrogen-bond donors (Lipinski definition) is 1. The van der Waals surface area contributed by atoms with Crippen molar-refractivity contribution in [3.05, 3.63) is 47.7 Å². The Hall–Kier alpha value is -2.37. The number of nitrogens with zero attached hydrogens (tertiary/aromatic N) is 1. The molecular formula is C15H13F3N2O. The van der Waals surface area contributed by atoms with Crippen molar-refractivity contribution >= 4 is 12.0 Å². The molecule has 0 saturated heterocycles. The lowest BCUT2D eigenvalue weighted by molar-refractivity contribution is -0.137. The molecule has 21 heavy (non-hydrogen) atoms. The van der Waals surface area contributed by atoms with Crippen molar-refractivity contribution in [2.45, 2.75) is 19.0 Å². The normalized spacial score (nSPS) is 13.0. The highest BCUT2D eigenvalue weighted by Crippen LogP contribution is 2.36. The molecule has 0 bridgehead atoms. The molecule has 1 heterocycles. The van der Waals surface area contributed by atoms with Gasteiger partial charge in [0.2, 0.25) is 0 Å². The van der Waals surface area contributed by atoms with E-state index in [1.807, 2.05) is 0 Å². The van der Waals surface area contributed by atoms with Gasteiger partial charge in [0.1, 0.15) is 6.29 Å². The van der Waals surface area contributed by atoms with Gasteiger partial charge in [-0.2, -0.15) is 13.2 Å². The summed E-state index contributed by atoms with van der Waals surface area (Å²) in [6.07, 6.45) is -2.47. The summed E-state index contributed by atoms with van der Waals surface area (Å²) in [5.41, 5.74) is 5.95. The van der Waals surface area contributed by atoms with Gasteiger partial charge in [-0.1, -0.05) is 19.1 Å². The zero-order valence-electron chi connectivity index (χ0n) is 11.2. The summed E-state index contributed by atoms with van der Waals surface area (Å²) in [6.45, 7) is 1.67. The van der Waals surface area contributed by atoms with Crippen molar-refractivity contribution in [1.82, 2.24) is 4.98 Å². The molecule has 0 fully saturated rings. The molecule has 0 amide bonds. The number of pyridine rings is 1. The predicted octanol–water partition coefficient (Wildman–Crippen LogP) is 3.65. The van der Waals surface area contributed by atoms with E-state index in [2.05, 4.69) is 4.98 Å². The number of halogens is 3. The molecule has 0 saturated carbocycles. The standard InChI is InChI=1S/C15H13F3N2O/c1-9(8-21)11-5-4-10(7-13(11)19)14-12(15(16,17)18)3-2-6-20-14/h2-9H,19H2,1H3. The summed E-state index contributed by atoms with van der Waals surface area (Å²) in [5.74, 6) is -0.412. The van der Waals surface area contributed by atoms with Crippen LogP contribution in [0.25, 0.3) is 11.3 Å². The second-order valence-electron chi connectivity index (χ2n) is 4.67. The highest BCUT2D eigenvalue weighted by Gasteiger charge is 2.34. The average Bonchev–Trinajstić information content (AvgIpc) is 2.45. The van der Waals surface area contributed by atoms with E-state index in [-0.39, 0.29) is 16.9 Å². The van der Waals surface area contributed by atoms with Crippen LogP contribution in [0.3, 0.4) is 0 Å². The largest absolute Gasteiger partial charge is 0.418 e. The SMILES string of the molecule is CC(C=O)c1ccc(-c2ncccc2C(F)(F)F)cc1N. The monoisotopic (exact) mass is 294 g/mol. The molecule has 0 aliphatic carbocycles. The van der Waals surface area contributed by atoms with Gasteiger partial charge in [0.05, 0.1) is 11.3 Å². The quantitative estimate of drug-likeness (QED) is 0.694. The molecule has 0 aliphatic heterocycles. The molecule has 1 aromatic heterocycles. The Balaban J connectivity index is 2.54. The molecule has 2 rings (SSSR count). The van der Waals surface area contributed by atoms with Gasteiger partial charge < -0.3 is 10.5 Å². The third-order valence-electron chi connectivity index (χ3n) is 3.17. The lowest BCUT2D eigenvalue weighted by Crippen LogP contribution is -2.08. The number of benzene rings is 1. The Labute approximate surface area is 119 Å². The van der Waals surface area contributed by atoms with Crippen LogP contribution in [0.15, 0.2) is 36.5 Å². The Kier molecular flexibility index (Phi) is 3.97. The Morgan fingerprint density at radius 2 is 2.00 bits per heavy atom. The average molecular weight is 294 g/mol. The minimum Gasteiger partial charge on any atom is -0.398 e. The smallest absolute Gasteiger partial charge is 0.398 e. The Bertz CT molecular complexity index is 668. The van der Waals surface area contributed by atoms with Gasteiger partial charge in [-0.3, -0.25) is 4.98 Å². The molecule has 0 radical (unpaired) electrons. The molecule has 1 unspecified atom stereocenters. The van der Waals surface area contributed by atoms with E-state index in [1.54, 1.807) is 13.0 Å². The topological polar surface area (TPSA) is 56.0 Å². The molecule has 2 N–H and O–H groups in total. The Morgan fingerprint density at radius 1 is 1.29 bits per heavy atom. The molecule has 1 aromatic carbocycles. The van der Waals surface area contributed by atoms with Crippen molar-refractivity contribution in [1.29, 1.82) is 0 Å². The fourth-order valence-electron chi connectivity index (χ4n) is 2.07. The van der Waals surface area contributed by atoms with E-state index < -0.39 is 17.7 Å². The highest BCUT2D eigenvalue weighted by atomic mass is 19.4. The van der Waals surface area contributed by atoms with Crippen molar-refractivity contribution < 1.29 is 18.0 Å². The van der Waals surface area contributed by atoms with E-state index in [0.29, 0.717) is 5.56 Å². The van der Waals surface area contributed by atoms with E-state index in [4.69, 9.17) is 5.73 Å². The van der Waals surface area contributed by atoms with E-state index in [0.717, 1.165) is 12.4 Å². The molecule has 0 spiro atoms. The van der Waals surface area contributed by atoms with Crippen LogP contribution in [0.1, 0.15) is 24.0 Å². The number of anilines is 1. The van der Waals surface area contributed by atoms with E-state index in [1.165, 1.54) is 24.4 Å². The van der Waals surface area contributed by atoms with E-state index in [9.17, 15) is 18.0 Å². The minimum atomic E-state index is -4.49. The van der Waals surface area contributed by atoms with Crippen molar-refractivity contribution in [3.63, 3.8) is 0 Å². The van der Waals surface area contributed by atoms with Crippen molar-refractivity contribution in [3.8, 4) is 11.3 Å². The number of nitrogen functional groups attached to an aromatic ring is 1. The summed E-state index contributed by atoms with van der Waals surface area (Å²) >= 11 is 0. The number of rotatable bonds is 3. The number of carbonyl (C=O) groups excluding carboxylic acids is 1. The number of carbonyl (C=O) groups is 1. The maximum Gasteiger partial charge on any atom is 0.418 e. The lowest BCUT2D eigenvalue weighted by Gasteiger charge is -2.14. The molecular weight excluding hydrogens is 281 g/mol. The first-order chi connectivity index (χ1) is 9.84. The van der Waals surface area contributed by atoms with Crippen LogP contribution in [0.4, 0.5) is 18.9 Å². The van der Waals surface area contributed by atoms with Crippen LogP contribution in [-0.2, 0) is 11.0 Å². The summed E-state index contributed by atoms with van der Waals surface area (Å²) in [4.78, 5) is 14.6. The third-order valence-corrected chi connectivity index (χ3v) is 3.17. The third kappa shape index (κ3) is 3.04. The highest BCUT2D eigenvalue weighted by molar-refractivity contribution is 5.73. The second kappa shape index (κ2) is 5.55. The lowest BCUT2D eigenvalue weighted by atomic mass is 9.96. The van der Waals surface area contributed by atoms with Crippen LogP contribution in [0, 0.1) is 0 Å². The second-order valence-corrected chi connectivity index (χ2v) is 4.67. The van der Waals surface area contributed by atoms with Gasteiger partial charge in [0.25, 0.3) is 0 Å². The van der Waals surface area contributed by atoms with E-state index >= 15 is 0 Å². The summed E-state index contributed by atoms with van der Waals surface area (Å²) < 4.78 is 38.9. The van der Waals surface area contributed by atoms with Crippen LogP contribution in [0.5, 0.6) is 0 Å². The molecule has 6 heteroatoms. The van der Waals surface area contributed by atoms with Gasteiger partial charge in [-0.25, -0.2) is 0 Å². The molecule has 1 atom stereocenters. The van der Waals surface area contributed by atoms with Gasteiger partial charge >= 0.3 is 6.18 Å². The first kappa shape index (κ1) is 15.0. The summed E-state index contributed by atoms with van der Waals surface area (Å²) in [6, 6.07) is 6.66. The fraction of sp³-hybridized carbons (Fsp3) is 0.200. The predicted molar refractivity (Wildman–Crippen MR) is 73.6 cm³/mol. The zero-order valence-corrected chi connectivity index (χ0v) is 11.2. The van der Waals surface area contributed by atoms with Crippen LogP contribution in [-0.4, -0.2) is 11.3 Å². The number of aromatic nitrogens is 1. The zero-order chi connectivity index (χ0) is 15.6. The first-order valence-corrected chi connectivity index (χ1v) is 6.22. The number of nitrogens with two attached hydrogens (primary N) is 1.